The number of carbonyl (C=O) groups excluding carboxylic acids is 2. The van der Waals surface area contributed by atoms with Gasteiger partial charge in [-0.05, 0) is 57.4 Å². The highest BCUT2D eigenvalue weighted by Gasteiger charge is 2.37. The van der Waals surface area contributed by atoms with E-state index in [0.717, 1.165) is 44.9 Å². The van der Waals surface area contributed by atoms with Gasteiger partial charge in [0.2, 0.25) is 5.91 Å². The zero-order valence-electron chi connectivity index (χ0n) is 26.8. The Morgan fingerprint density at radius 3 is 2.26 bits per heavy atom. The van der Waals surface area contributed by atoms with E-state index in [1.54, 1.807) is 6.92 Å². The van der Waals surface area contributed by atoms with Crippen LogP contribution in [0.2, 0.25) is 0 Å². The van der Waals surface area contributed by atoms with Gasteiger partial charge in [-0.3, -0.25) is 19.1 Å². The van der Waals surface area contributed by atoms with E-state index in [9.17, 15) is 19.2 Å². The number of hydrogen-bond acceptors (Lipinski definition) is 7. The number of alkyl carbamates (subject to hydrolysis) is 1. The molecule has 13 heteroatoms. The number of hydrogen-bond donors (Lipinski definition) is 3. The Balaban J connectivity index is 1.53. The molecule has 0 saturated carbocycles. The largest absolute Gasteiger partial charge is 0.447 e. The lowest BCUT2D eigenvalue weighted by molar-refractivity contribution is -0.121. The van der Waals surface area contributed by atoms with Crippen molar-refractivity contribution in [3.8, 4) is 0 Å². The van der Waals surface area contributed by atoms with Gasteiger partial charge in [-0.25, -0.2) is 9.59 Å². The first-order valence-electron chi connectivity index (χ1n) is 15.8. The second-order valence-electron chi connectivity index (χ2n) is 10.6. The Morgan fingerprint density at radius 2 is 1.63 bits per heavy atom. The van der Waals surface area contributed by atoms with Crippen molar-refractivity contribution in [3.63, 3.8) is 0 Å². The van der Waals surface area contributed by atoms with Gasteiger partial charge >= 0.3 is 11.8 Å². The maximum Gasteiger partial charge on any atom is 0.407 e. The molecule has 1 saturated heterocycles. The SMILES string of the molecule is CC/C=C\C/C=C\C/C=C\C/C=C\C/C=C\CCCC(=O)NCCNC(=O)OC[C@H]1O[C@@H](n2cc(C)c(=O)[nH]c2=O)C[C@@H]1N=[N+]=[N-]. The molecule has 13 nitrogen and oxygen atoms in total. The first kappa shape index (κ1) is 37.6. The van der Waals surface area contributed by atoms with Gasteiger partial charge < -0.3 is 20.1 Å². The molecule has 1 fully saturated rings. The second-order valence-corrected chi connectivity index (χ2v) is 10.6. The lowest BCUT2D eigenvalue weighted by Crippen LogP contribution is -2.36. The number of aryl methyl sites for hydroxylation is 1. The molecule has 0 spiro atoms. The summed E-state index contributed by atoms with van der Waals surface area (Å²) in [6.07, 6.45) is 27.4. The number of unbranched alkanes of at least 4 members (excludes halogenated alkanes) is 1. The monoisotopic (exact) mass is 637 g/mol. The van der Waals surface area contributed by atoms with Gasteiger partial charge in [-0.15, -0.1) is 0 Å². The van der Waals surface area contributed by atoms with E-state index in [4.69, 9.17) is 15.0 Å². The molecule has 2 amide bonds. The summed E-state index contributed by atoms with van der Waals surface area (Å²) in [6.45, 7) is 3.88. The normalized spacial score (nSPS) is 18.3. The topological polar surface area (TPSA) is 180 Å². The minimum atomic E-state index is -0.800. The van der Waals surface area contributed by atoms with Crippen LogP contribution in [0.3, 0.4) is 0 Å². The van der Waals surface area contributed by atoms with Gasteiger partial charge in [0, 0.05) is 42.6 Å². The standard InChI is InChI=1S/C33H47N7O6/c1-3-4-5-6-7-8-9-10-11-12-13-14-15-16-17-18-19-20-29(41)35-21-22-36-33(44)45-25-28-27(38-39-34)23-30(46-28)40-24-26(2)31(42)37-32(40)43/h4-5,7-8,10-11,13-14,16-17,24,27-28,30H,3,6,9,12,15,18-23,25H2,1-2H3,(H,35,41)(H,36,44)(H,37,42,43)/b5-4-,8-7-,11-10-,14-13-,17-16-/t27-,28+,30+/m0/s1. The smallest absolute Gasteiger partial charge is 0.407 e. The van der Waals surface area contributed by atoms with Crippen LogP contribution < -0.4 is 21.9 Å². The number of carbonyl (C=O) groups is 2. The molecule has 250 valence electrons. The number of H-pyrrole nitrogens is 1. The van der Waals surface area contributed by atoms with Gasteiger partial charge in [0.15, 0.2) is 0 Å². The van der Waals surface area contributed by atoms with E-state index >= 15 is 0 Å². The molecule has 3 N–H and O–H groups in total. The van der Waals surface area contributed by atoms with Crippen LogP contribution >= 0.6 is 0 Å². The van der Waals surface area contributed by atoms with Crippen molar-refractivity contribution in [1.82, 2.24) is 20.2 Å². The average molecular weight is 638 g/mol. The fourth-order valence-electron chi connectivity index (χ4n) is 4.44. The number of nitrogens with zero attached hydrogens (tertiary/aromatic N) is 4. The maximum atomic E-state index is 12.2. The van der Waals surface area contributed by atoms with Crippen LogP contribution in [-0.2, 0) is 14.3 Å². The highest BCUT2D eigenvalue weighted by Crippen LogP contribution is 2.30. The van der Waals surface area contributed by atoms with Crippen molar-refractivity contribution in [2.75, 3.05) is 19.7 Å². The summed E-state index contributed by atoms with van der Waals surface area (Å²) in [5, 5.41) is 8.99. The summed E-state index contributed by atoms with van der Waals surface area (Å²) in [7, 11) is 0. The van der Waals surface area contributed by atoms with E-state index in [-0.39, 0.29) is 32.0 Å². The molecule has 0 bridgehead atoms. The highest BCUT2D eigenvalue weighted by molar-refractivity contribution is 5.75. The van der Waals surface area contributed by atoms with Crippen molar-refractivity contribution < 1.29 is 19.1 Å². The lowest BCUT2D eigenvalue weighted by atomic mass is 10.1. The number of rotatable bonds is 20. The molecule has 1 aliphatic heterocycles. The van der Waals surface area contributed by atoms with Crippen molar-refractivity contribution in [2.45, 2.75) is 90.0 Å². The maximum absolute atomic E-state index is 12.2. The third-order valence-corrected chi connectivity index (χ3v) is 6.89. The number of aromatic amines is 1. The summed E-state index contributed by atoms with van der Waals surface area (Å²) < 4.78 is 12.2. The van der Waals surface area contributed by atoms with Crippen LogP contribution in [0.5, 0.6) is 0 Å². The summed E-state index contributed by atoms with van der Waals surface area (Å²) in [5.74, 6) is -0.0992. The van der Waals surface area contributed by atoms with Gasteiger partial charge in [0.05, 0.1) is 6.04 Å². The third kappa shape index (κ3) is 15.4. The van der Waals surface area contributed by atoms with Crippen molar-refractivity contribution >= 4 is 12.0 Å². The Labute approximate surface area is 269 Å². The van der Waals surface area contributed by atoms with E-state index < -0.39 is 35.7 Å². The minimum absolute atomic E-state index is 0.0992. The quantitative estimate of drug-likeness (QED) is 0.0552. The summed E-state index contributed by atoms with van der Waals surface area (Å²) in [6, 6.07) is -0.684. The van der Waals surface area contributed by atoms with Crippen molar-refractivity contribution in [1.29, 1.82) is 0 Å². The molecule has 3 atom stereocenters. The molecule has 46 heavy (non-hydrogen) atoms. The van der Waals surface area contributed by atoms with Gasteiger partial charge in [0.25, 0.3) is 5.56 Å². The minimum Gasteiger partial charge on any atom is -0.447 e. The van der Waals surface area contributed by atoms with Crippen molar-refractivity contribution in [2.24, 2.45) is 5.11 Å². The number of allylic oxidation sites excluding steroid dienone is 10. The van der Waals surface area contributed by atoms with E-state index in [2.05, 4.69) is 93.3 Å². The Hall–Kier alpha value is -4.61. The zero-order valence-corrected chi connectivity index (χ0v) is 26.8. The predicted molar refractivity (Wildman–Crippen MR) is 178 cm³/mol. The number of azide groups is 1. The van der Waals surface area contributed by atoms with Crippen LogP contribution in [0.1, 0.15) is 76.5 Å². The van der Waals surface area contributed by atoms with E-state index in [1.165, 1.54) is 10.8 Å². The molecule has 0 aliphatic carbocycles. The molecule has 2 heterocycles. The summed E-state index contributed by atoms with van der Waals surface area (Å²) >= 11 is 0. The van der Waals surface area contributed by atoms with Crippen molar-refractivity contribution in [3.05, 3.63) is 104 Å². The van der Waals surface area contributed by atoms with Gasteiger partial charge in [0.1, 0.15) is 18.9 Å². The molecule has 0 unspecified atom stereocenters. The molecule has 0 radical (unpaired) electrons. The molecule has 1 aromatic heterocycles. The van der Waals surface area contributed by atoms with Crippen LogP contribution in [0.4, 0.5) is 4.79 Å². The molecule has 2 rings (SSSR count). The fourth-order valence-corrected chi connectivity index (χ4v) is 4.44. The predicted octanol–water partition coefficient (Wildman–Crippen LogP) is 5.58. The van der Waals surface area contributed by atoms with Crippen LogP contribution in [0.25, 0.3) is 10.4 Å². The summed E-state index contributed by atoms with van der Waals surface area (Å²) in [4.78, 5) is 53.0. The number of ether oxygens (including phenoxy) is 2. The third-order valence-electron chi connectivity index (χ3n) is 6.89. The van der Waals surface area contributed by atoms with Crippen LogP contribution in [0.15, 0.2) is 81.7 Å². The van der Waals surface area contributed by atoms with Crippen LogP contribution in [-0.4, -0.2) is 53.4 Å². The molecule has 0 aromatic carbocycles. The average Bonchev–Trinajstić information content (AvgIpc) is 3.44. The Bertz CT molecular complexity index is 1400. The molecule has 1 aromatic rings. The Kier molecular flexibility index (Phi) is 18.7. The Morgan fingerprint density at radius 1 is 1.02 bits per heavy atom. The molecule has 1 aliphatic rings. The molecular weight excluding hydrogens is 590 g/mol. The van der Waals surface area contributed by atoms with Crippen LogP contribution in [0, 0.1) is 6.92 Å². The number of amides is 2. The number of nitrogens with one attached hydrogen (secondary N) is 3. The first-order chi connectivity index (χ1) is 22.3. The summed E-state index contributed by atoms with van der Waals surface area (Å²) in [5.41, 5.74) is 8.06. The zero-order chi connectivity index (χ0) is 33.4. The fraction of sp³-hybridized carbons (Fsp3) is 0.515. The van der Waals surface area contributed by atoms with Gasteiger partial charge in [-0.1, -0.05) is 72.8 Å². The van der Waals surface area contributed by atoms with E-state index in [0.29, 0.717) is 12.0 Å². The molecular formula is C33H47N7O6. The number of aromatic nitrogens is 2. The lowest BCUT2D eigenvalue weighted by Gasteiger charge is -2.17. The highest BCUT2D eigenvalue weighted by atomic mass is 16.6. The van der Waals surface area contributed by atoms with E-state index in [1.807, 2.05) is 0 Å². The first-order valence-corrected chi connectivity index (χ1v) is 15.8. The van der Waals surface area contributed by atoms with Gasteiger partial charge in [-0.2, -0.15) is 0 Å². The second kappa shape index (κ2) is 22.8.